The van der Waals surface area contributed by atoms with Crippen LogP contribution >= 0.6 is 0 Å². The van der Waals surface area contributed by atoms with Crippen molar-refractivity contribution >= 4 is 23.8 Å². The maximum Gasteiger partial charge on any atom is 0.335 e. The molecule has 0 unspecified atom stereocenters. The molecule has 0 fully saturated rings. The second-order valence-corrected chi connectivity index (χ2v) is 4.64. The first kappa shape index (κ1) is 14.6. The molecule has 0 aliphatic carbocycles. The number of carboxylic acids is 1. The number of rotatable bonds is 6. The van der Waals surface area contributed by atoms with Crippen LogP contribution in [-0.2, 0) is 11.3 Å². The van der Waals surface area contributed by atoms with E-state index in [0.717, 1.165) is 16.9 Å². The van der Waals surface area contributed by atoms with Crippen molar-refractivity contribution in [3.63, 3.8) is 0 Å². The van der Waals surface area contributed by atoms with Crippen LogP contribution in [0.2, 0.25) is 0 Å². The van der Waals surface area contributed by atoms with E-state index in [4.69, 9.17) is 5.11 Å². The molecule has 0 saturated heterocycles. The lowest BCUT2D eigenvalue weighted by Gasteiger charge is -2.22. The quantitative estimate of drug-likeness (QED) is 0.800. The summed E-state index contributed by atoms with van der Waals surface area (Å²) >= 11 is 0. The summed E-state index contributed by atoms with van der Waals surface area (Å²) in [5.41, 5.74) is 2.89. The van der Waals surface area contributed by atoms with Gasteiger partial charge in [-0.05, 0) is 29.8 Å². The average molecular weight is 284 g/mol. The van der Waals surface area contributed by atoms with Gasteiger partial charge in [-0.25, -0.2) is 4.79 Å². The zero-order valence-electron chi connectivity index (χ0n) is 11.6. The van der Waals surface area contributed by atoms with E-state index in [0.29, 0.717) is 13.0 Å². The van der Waals surface area contributed by atoms with E-state index in [1.807, 2.05) is 36.2 Å². The molecule has 0 radical (unpaired) electrons. The van der Waals surface area contributed by atoms with Crippen LogP contribution in [0.5, 0.6) is 0 Å². The normalized spacial score (nSPS) is 9.95. The Hall–Kier alpha value is -2.82. The first-order chi connectivity index (χ1) is 10.1. The number of hydrogen-bond donors (Lipinski definition) is 2. The molecule has 1 amide bonds. The fraction of sp³-hybridized carbons (Fsp3) is 0.125. The van der Waals surface area contributed by atoms with Gasteiger partial charge in [-0.1, -0.05) is 24.3 Å². The lowest BCUT2D eigenvalue weighted by molar-refractivity contribution is -0.105. The first-order valence-corrected chi connectivity index (χ1v) is 6.44. The van der Waals surface area contributed by atoms with Crippen molar-refractivity contribution < 1.29 is 14.7 Å². The molecule has 5 heteroatoms. The Morgan fingerprint density at radius 3 is 2.48 bits per heavy atom. The number of amides is 1. The number of nitrogens with one attached hydrogen (secondary N) is 1. The standard InChI is InChI=1S/C16H16N2O3/c1-18(15-5-3-2-4-14(15)17-11-19)10-12-6-8-13(9-7-12)16(20)21/h2-9,11H,10H2,1H3,(H,17,19)(H,20,21). The second-order valence-electron chi connectivity index (χ2n) is 4.64. The lowest BCUT2D eigenvalue weighted by atomic mass is 10.1. The van der Waals surface area contributed by atoms with Crippen LogP contribution in [-0.4, -0.2) is 24.5 Å². The Bertz CT molecular complexity index is 638. The molecule has 21 heavy (non-hydrogen) atoms. The van der Waals surface area contributed by atoms with Gasteiger partial charge in [0.15, 0.2) is 0 Å². The minimum absolute atomic E-state index is 0.268. The summed E-state index contributed by atoms with van der Waals surface area (Å²) < 4.78 is 0. The van der Waals surface area contributed by atoms with Gasteiger partial charge in [-0.15, -0.1) is 0 Å². The van der Waals surface area contributed by atoms with E-state index in [-0.39, 0.29) is 5.56 Å². The highest BCUT2D eigenvalue weighted by atomic mass is 16.4. The highest BCUT2D eigenvalue weighted by Gasteiger charge is 2.08. The van der Waals surface area contributed by atoms with E-state index >= 15 is 0 Å². The monoisotopic (exact) mass is 284 g/mol. The van der Waals surface area contributed by atoms with Crippen molar-refractivity contribution in [1.29, 1.82) is 0 Å². The van der Waals surface area contributed by atoms with Gasteiger partial charge in [-0.3, -0.25) is 4.79 Å². The molecule has 2 N–H and O–H groups in total. The number of carbonyl (C=O) groups is 2. The maximum atomic E-state index is 10.8. The van der Waals surface area contributed by atoms with Crippen molar-refractivity contribution in [3.8, 4) is 0 Å². The highest BCUT2D eigenvalue weighted by Crippen LogP contribution is 2.25. The molecule has 5 nitrogen and oxygen atoms in total. The topological polar surface area (TPSA) is 69.6 Å². The van der Waals surface area contributed by atoms with Gasteiger partial charge in [0.2, 0.25) is 6.41 Å². The zero-order chi connectivity index (χ0) is 15.2. The van der Waals surface area contributed by atoms with Gasteiger partial charge < -0.3 is 15.3 Å². The lowest BCUT2D eigenvalue weighted by Crippen LogP contribution is -2.18. The van der Waals surface area contributed by atoms with E-state index in [9.17, 15) is 9.59 Å². The van der Waals surface area contributed by atoms with Crippen molar-refractivity contribution in [1.82, 2.24) is 0 Å². The van der Waals surface area contributed by atoms with Crippen LogP contribution in [0, 0.1) is 0 Å². The molecule has 2 aromatic carbocycles. The Morgan fingerprint density at radius 2 is 1.86 bits per heavy atom. The third-order valence-electron chi connectivity index (χ3n) is 3.15. The molecule has 2 rings (SSSR count). The summed E-state index contributed by atoms with van der Waals surface area (Å²) in [5.74, 6) is -0.935. The molecule has 108 valence electrons. The number of anilines is 2. The Balaban J connectivity index is 2.15. The first-order valence-electron chi connectivity index (χ1n) is 6.44. The maximum absolute atomic E-state index is 10.8. The fourth-order valence-electron chi connectivity index (χ4n) is 2.10. The molecule has 0 aliphatic rings. The summed E-state index contributed by atoms with van der Waals surface area (Å²) in [6.07, 6.45) is 0.647. The summed E-state index contributed by atoms with van der Waals surface area (Å²) in [6.45, 7) is 0.609. The molecule has 0 bridgehead atoms. The molecule has 0 aromatic heterocycles. The summed E-state index contributed by atoms with van der Waals surface area (Å²) in [7, 11) is 1.91. The number of para-hydroxylation sites is 2. The SMILES string of the molecule is CN(Cc1ccc(C(=O)O)cc1)c1ccccc1NC=O. The number of aromatic carboxylic acids is 1. The predicted molar refractivity (Wildman–Crippen MR) is 81.6 cm³/mol. The number of benzene rings is 2. The van der Waals surface area contributed by atoms with Crippen LogP contribution in [0.25, 0.3) is 0 Å². The van der Waals surface area contributed by atoms with Crippen LogP contribution in [0.15, 0.2) is 48.5 Å². The van der Waals surface area contributed by atoms with Crippen LogP contribution < -0.4 is 10.2 Å². The Kier molecular flexibility index (Phi) is 4.56. The Labute approximate surface area is 122 Å². The van der Waals surface area contributed by atoms with E-state index in [1.54, 1.807) is 24.3 Å². The summed E-state index contributed by atoms with van der Waals surface area (Å²) in [4.78, 5) is 23.4. The second kappa shape index (κ2) is 6.56. The van der Waals surface area contributed by atoms with E-state index in [1.165, 1.54) is 0 Å². The number of carbonyl (C=O) groups excluding carboxylic acids is 1. The average Bonchev–Trinajstić information content (AvgIpc) is 2.48. The summed E-state index contributed by atoms with van der Waals surface area (Å²) in [5, 5.41) is 11.5. The highest BCUT2D eigenvalue weighted by molar-refractivity contribution is 5.87. The van der Waals surface area contributed by atoms with Crippen molar-refractivity contribution in [2.45, 2.75) is 6.54 Å². The predicted octanol–water partition coefficient (Wildman–Crippen LogP) is 2.59. The van der Waals surface area contributed by atoms with Gasteiger partial charge in [0, 0.05) is 13.6 Å². The third-order valence-corrected chi connectivity index (χ3v) is 3.15. The zero-order valence-corrected chi connectivity index (χ0v) is 11.6. The van der Waals surface area contributed by atoms with Crippen LogP contribution in [0.4, 0.5) is 11.4 Å². The van der Waals surface area contributed by atoms with Gasteiger partial charge in [0.1, 0.15) is 0 Å². The van der Waals surface area contributed by atoms with Crippen LogP contribution in [0.1, 0.15) is 15.9 Å². The van der Waals surface area contributed by atoms with Gasteiger partial charge >= 0.3 is 5.97 Å². The summed E-state index contributed by atoms with van der Waals surface area (Å²) in [6, 6.07) is 14.2. The molecule has 0 atom stereocenters. The third kappa shape index (κ3) is 3.60. The number of nitrogens with zero attached hydrogens (tertiary/aromatic N) is 1. The van der Waals surface area contributed by atoms with Crippen molar-refractivity contribution in [3.05, 3.63) is 59.7 Å². The largest absolute Gasteiger partial charge is 0.478 e. The van der Waals surface area contributed by atoms with Crippen molar-refractivity contribution in [2.24, 2.45) is 0 Å². The molecule has 0 aliphatic heterocycles. The minimum atomic E-state index is -0.935. The number of hydrogen-bond acceptors (Lipinski definition) is 3. The molecule has 0 saturated carbocycles. The molecular formula is C16H16N2O3. The van der Waals surface area contributed by atoms with Gasteiger partial charge in [0.25, 0.3) is 0 Å². The molecule has 2 aromatic rings. The number of carboxylic acid groups (broad SMARTS) is 1. The molecule has 0 heterocycles. The minimum Gasteiger partial charge on any atom is -0.478 e. The van der Waals surface area contributed by atoms with Crippen molar-refractivity contribution in [2.75, 3.05) is 17.3 Å². The van der Waals surface area contributed by atoms with Gasteiger partial charge in [0.05, 0.1) is 16.9 Å². The molecule has 0 spiro atoms. The van der Waals surface area contributed by atoms with Gasteiger partial charge in [-0.2, -0.15) is 0 Å². The fourth-order valence-corrected chi connectivity index (χ4v) is 2.10. The smallest absolute Gasteiger partial charge is 0.335 e. The van der Waals surface area contributed by atoms with Crippen LogP contribution in [0.3, 0.4) is 0 Å². The van der Waals surface area contributed by atoms with E-state index in [2.05, 4.69) is 5.32 Å². The Morgan fingerprint density at radius 1 is 1.19 bits per heavy atom. The van der Waals surface area contributed by atoms with E-state index < -0.39 is 5.97 Å². The molecular weight excluding hydrogens is 268 g/mol.